The number of carbonyl (C=O) groups is 3. The van der Waals surface area contributed by atoms with Crippen molar-refractivity contribution in [2.75, 3.05) is 23.0 Å². The Morgan fingerprint density at radius 2 is 1.68 bits per heavy atom. The number of amides is 4. The molecule has 0 saturated carbocycles. The minimum atomic E-state index is -1.28. The quantitative estimate of drug-likeness (QED) is 0.340. The summed E-state index contributed by atoms with van der Waals surface area (Å²) in [5.41, 5.74) is 10.2. The zero-order valence-electron chi connectivity index (χ0n) is 21.3. The highest BCUT2D eigenvalue weighted by atomic mass is 16.2. The molecular weight excluding hydrogens is 466 g/mol. The molecule has 3 aromatic carbocycles. The Morgan fingerprint density at radius 3 is 2.41 bits per heavy atom. The first-order chi connectivity index (χ1) is 17.7. The summed E-state index contributed by atoms with van der Waals surface area (Å²) >= 11 is 0. The molecule has 1 aliphatic heterocycles. The first-order valence-electron chi connectivity index (χ1n) is 12.4. The molecule has 0 aliphatic carbocycles. The summed E-state index contributed by atoms with van der Waals surface area (Å²) in [5, 5.41) is 11.3. The van der Waals surface area contributed by atoms with Crippen molar-refractivity contribution in [2.24, 2.45) is 17.6 Å². The lowest BCUT2D eigenvalue weighted by Crippen LogP contribution is -2.56. The van der Waals surface area contributed by atoms with Crippen LogP contribution in [0.1, 0.15) is 25.8 Å². The second-order valence-corrected chi connectivity index (χ2v) is 9.64. The number of benzene rings is 3. The molecule has 0 spiro atoms. The number of hydrogen-bond acceptors (Lipinski definition) is 4. The number of aryl methyl sites for hydroxylation is 1. The van der Waals surface area contributed by atoms with Crippen molar-refractivity contribution < 1.29 is 14.4 Å². The molecule has 0 fully saturated rings. The topological polar surface area (TPSA) is 125 Å². The average molecular weight is 500 g/mol. The summed E-state index contributed by atoms with van der Waals surface area (Å²) in [7, 11) is 1.56. The summed E-state index contributed by atoms with van der Waals surface area (Å²) < 4.78 is 0. The molecule has 2 unspecified atom stereocenters. The fraction of sp³-hybridized carbons (Fsp3) is 0.276. The summed E-state index contributed by atoms with van der Waals surface area (Å²) in [6.45, 7) is 3.53. The highest BCUT2D eigenvalue weighted by Gasteiger charge is 2.42. The van der Waals surface area contributed by atoms with Crippen molar-refractivity contribution in [3.8, 4) is 11.1 Å². The maximum atomic E-state index is 13.3. The fourth-order valence-electron chi connectivity index (χ4n) is 4.66. The summed E-state index contributed by atoms with van der Waals surface area (Å²) in [6, 6.07) is 22.2. The number of urea groups is 1. The molecule has 0 saturated heterocycles. The van der Waals surface area contributed by atoms with E-state index >= 15 is 0 Å². The van der Waals surface area contributed by atoms with Gasteiger partial charge in [-0.05, 0) is 61.1 Å². The third-order valence-electron chi connectivity index (χ3n) is 7.23. The van der Waals surface area contributed by atoms with Gasteiger partial charge in [-0.15, -0.1) is 0 Å². The lowest BCUT2D eigenvalue weighted by atomic mass is 9.75. The van der Waals surface area contributed by atoms with E-state index < -0.39 is 17.4 Å². The van der Waals surface area contributed by atoms with Crippen LogP contribution in [0.15, 0.2) is 72.8 Å². The maximum absolute atomic E-state index is 13.3. The fourth-order valence-corrected chi connectivity index (χ4v) is 4.66. The lowest BCUT2D eigenvalue weighted by Gasteiger charge is -2.34. The van der Waals surface area contributed by atoms with E-state index in [0.29, 0.717) is 17.8 Å². The van der Waals surface area contributed by atoms with Gasteiger partial charge in [-0.1, -0.05) is 55.5 Å². The van der Waals surface area contributed by atoms with Gasteiger partial charge in [0.05, 0.1) is 11.2 Å². The summed E-state index contributed by atoms with van der Waals surface area (Å²) in [4.78, 5) is 38.1. The minimum Gasteiger partial charge on any atom is -0.341 e. The molecule has 3 atom stereocenters. The van der Waals surface area contributed by atoms with Crippen LogP contribution in [0, 0.1) is 11.8 Å². The van der Waals surface area contributed by atoms with Crippen LogP contribution in [0.3, 0.4) is 0 Å². The first kappa shape index (κ1) is 25.9. The van der Waals surface area contributed by atoms with Gasteiger partial charge in [-0.2, -0.15) is 0 Å². The van der Waals surface area contributed by atoms with Crippen LogP contribution in [0.5, 0.6) is 0 Å². The molecule has 6 N–H and O–H groups in total. The molecule has 0 bridgehead atoms. The van der Waals surface area contributed by atoms with Gasteiger partial charge >= 0.3 is 6.03 Å². The van der Waals surface area contributed by atoms with Gasteiger partial charge in [0.25, 0.3) is 0 Å². The van der Waals surface area contributed by atoms with E-state index in [1.165, 1.54) is 0 Å². The van der Waals surface area contributed by atoms with Gasteiger partial charge < -0.3 is 27.0 Å². The zero-order chi connectivity index (χ0) is 26.6. The number of nitrogens with one attached hydrogen (secondary N) is 4. The van der Waals surface area contributed by atoms with Gasteiger partial charge in [0.2, 0.25) is 11.8 Å². The zero-order valence-corrected chi connectivity index (χ0v) is 21.3. The molecule has 1 aliphatic rings. The van der Waals surface area contributed by atoms with E-state index in [2.05, 4.69) is 21.3 Å². The monoisotopic (exact) mass is 499 g/mol. The van der Waals surface area contributed by atoms with E-state index in [0.717, 1.165) is 28.8 Å². The third kappa shape index (κ3) is 5.65. The van der Waals surface area contributed by atoms with Crippen molar-refractivity contribution in [1.82, 2.24) is 5.32 Å². The van der Waals surface area contributed by atoms with Crippen molar-refractivity contribution in [3.63, 3.8) is 0 Å². The number of hydrogen-bond donors (Lipinski definition) is 5. The normalized spacial score (nSPS) is 17.3. The molecule has 37 heavy (non-hydrogen) atoms. The number of para-hydroxylation sites is 2. The van der Waals surface area contributed by atoms with E-state index in [1.807, 2.05) is 67.6 Å². The van der Waals surface area contributed by atoms with E-state index in [9.17, 15) is 14.4 Å². The number of anilines is 3. The molecular formula is C29H33N5O3. The predicted octanol–water partition coefficient (Wildman–Crippen LogP) is 4.60. The number of rotatable bonds is 6. The Hall–Kier alpha value is -4.17. The van der Waals surface area contributed by atoms with Crippen LogP contribution < -0.4 is 27.0 Å². The molecule has 3 aromatic rings. The highest BCUT2D eigenvalue weighted by molar-refractivity contribution is 6.00. The van der Waals surface area contributed by atoms with Crippen molar-refractivity contribution in [2.45, 2.75) is 32.2 Å². The van der Waals surface area contributed by atoms with Gasteiger partial charge in [-0.3, -0.25) is 9.59 Å². The SMILES string of the molecule is CNC(=O)Nc1ccccc1-c1ccc(NC(=O)C(C)(N)[C@H](C)C2CCc3ccccc3NC2=O)cc1. The largest absolute Gasteiger partial charge is 0.341 e. The average Bonchev–Trinajstić information content (AvgIpc) is 3.07. The highest BCUT2D eigenvalue weighted by Crippen LogP contribution is 2.33. The third-order valence-corrected chi connectivity index (χ3v) is 7.23. The van der Waals surface area contributed by atoms with Crippen molar-refractivity contribution in [3.05, 3.63) is 78.4 Å². The number of fused-ring (bicyclic) bond motifs is 1. The van der Waals surface area contributed by atoms with Crippen molar-refractivity contribution in [1.29, 1.82) is 0 Å². The molecule has 8 nitrogen and oxygen atoms in total. The Balaban J connectivity index is 1.46. The van der Waals surface area contributed by atoms with E-state index in [-0.39, 0.29) is 17.8 Å². The Morgan fingerprint density at radius 1 is 1.00 bits per heavy atom. The maximum Gasteiger partial charge on any atom is 0.318 e. The summed E-state index contributed by atoms with van der Waals surface area (Å²) in [6.07, 6.45) is 1.35. The molecule has 4 amide bonds. The smallest absolute Gasteiger partial charge is 0.318 e. The minimum absolute atomic E-state index is 0.115. The standard InChI is InChI=1S/C29H33N5O3/c1-18(22-17-14-20-8-4-6-10-24(20)33-26(22)35)29(2,30)27(36)32-21-15-12-19(13-16-21)23-9-5-7-11-25(23)34-28(37)31-3/h4-13,15-16,18,22H,14,17,30H2,1-3H3,(H,32,36)(H,33,35)(H2,31,34,37)/t18-,22?,29?/m1/s1. The molecule has 1 heterocycles. The number of nitrogens with two attached hydrogens (primary N) is 1. The lowest BCUT2D eigenvalue weighted by molar-refractivity contribution is -0.126. The van der Waals surface area contributed by atoms with Gasteiger partial charge in [0.15, 0.2) is 0 Å². The Bertz CT molecular complexity index is 1300. The second-order valence-electron chi connectivity index (χ2n) is 9.64. The van der Waals surface area contributed by atoms with Crippen LogP contribution in [0.2, 0.25) is 0 Å². The molecule has 4 rings (SSSR count). The van der Waals surface area contributed by atoms with Crippen LogP contribution in [-0.4, -0.2) is 30.4 Å². The molecule has 8 heteroatoms. The number of carbonyl (C=O) groups excluding carboxylic acids is 3. The summed E-state index contributed by atoms with van der Waals surface area (Å²) in [5.74, 6) is -1.28. The first-order valence-corrected chi connectivity index (χ1v) is 12.4. The van der Waals surface area contributed by atoms with Gasteiger partial charge in [0.1, 0.15) is 0 Å². The van der Waals surface area contributed by atoms with Crippen LogP contribution >= 0.6 is 0 Å². The predicted molar refractivity (Wildman–Crippen MR) is 147 cm³/mol. The molecule has 0 radical (unpaired) electrons. The van der Waals surface area contributed by atoms with E-state index in [4.69, 9.17) is 5.73 Å². The molecule has 192 valence electrons. The second kappa shape index (κ2) is 10.8. The Kier molecular flexibility index (Phi) is 7.59. The molecule has 0 aromatic heterocycles. The van der Waals surface area contributed by atoms with Gasteiger partial charge in [-0.25, -0.2) is 4.79 Å². The van der Waals surface area contributed by atoms with Crippen LogP contribution in [0.4, 0.5) is 21.9 Å². The van der Waals surface area contributed by atoms with Gasteiger partial charge in [0, 0.05) is 29.9 Å². The van der Waals surface area contributed by atoms with E-state index in [1.54, 1.807) is 26.1 Å². The Labute approximate surface area is 217 Å². The van der Waals surface area contributed by atoms with Crippen LogP contribution in [0.25, 0.3) is 11.1 Å². The van der Waals surface area contributed by atoms with Crippen LogP contribution in [-0.2, 0) is 16.0 Å². The van der Waals surface area contributed by atoms with Crippen molar-refractivity contribution >= 4 is 34.9 Å².